The molecule has 1 aromatic rings. The van der Waals surface area contributed by atoms with Gasteiger partial charge in [0.25, 0.3) is 0 Å². The number of ether oxygens (including phenoxy) is 1. The van der Waals surface area contributed by atoms with Gasteiger partial charge in [0.15, 0.2) is 0 Å². The Morgan fingerprint density at radius 3 is 2.75 bits per heavy atom. The van der Waals surface area contributed by atoms with E-state index in [9.17, 15) is 4.39 Å². The highest BCUT2D eigenvalue weighted by molar-refractivity contribution is 5.40. The molecule has 86 valence electrons. The lowest BCUT2D eigenvalue weighted by atomic mass is 9.80. The van der Waals surface area contributed by atoms with Crippen molar-refractivity contribution in [1.29, 1.82) is 0 Å². The van der Waals surface area contributed by atoms with Gasteiger partial charge in [0.2, 0.25) is 0 Å². The second-order valence-corrected chi connectivity index (χ2v) is 4.58. The van der Waals surface area contributed by atoms with Gasteiger partial charge in [-0.05, 0) is 41.7 Å². The van der Waals surface area contributed by atoms with Crippen molar-refractivity contribution in [3.05, 3.63) is 47.0 Å². The molecule has 1 nitrogen and oxygen atoms in total. The second kappa shape index (κ2) is 4.28. The van der Waals surface area contributed by atoms with Gasteiger partial charge in [-0.25, -0.2) is 4.39 Å². The van der Waals surface area contributed by atoms with Crippen molar-refractivity contribution in [3.63, 3.8) is 0 Å². The Balaban J connectivity index is 2.47. The van der Waals surface area contributed by atoms with Crippen LogP contribution in [0, 0.1) is 11.7 Å². The van der Waals surface area contributed by atoms with Crippen molar-refractivity contribution >= 4 is 0 Å². The number of methoxy groups -OCH3 is 1. The second-order valence-electron chi connectivity index (χ2n) is 4.58. The highest BCUT2D eigenvalue weighted by atomic mass is 19.1. The average Bonchev–Trinajstić information content (AvgIpc) is 2.26. The van der Waals surface area contributed by atoms with Gasteiger partial charge >= 0.3 is 0 Å². The minimum absolute atomic E-state index is 0.157. The summed E-state index contributed by atoms with van der Waals surface area (Å²) in [4.78, 5) is 0. The van der Waals surface area contributed by atoms with Crippen LogP contribution in [0.5, 0.6) is 0 Å². The summed E-state index contributed by atoms with van der Waals surface area (Å²) in [6, 6.07) is 5.06. The Labute approximate surface area is 95.9 Å². The topological polar surface area (TPSA) is 9.23 Å². The highest BCUT2D eigenvalue weighted by Gasteiger charge is 2.26. The maximum Gasteiger partial charge on any atom is 0.123 e. The Bertz CT molecular complexity index is 421. The summed E-state index contributed by atoms with van der Waals surface area (Å²) in [6.45, 7) is 4.33. The van der Waals surface area contributed by atoms with Gasteiger partial charge in [0.1, 0.15) is 5.82 Å². The van der Waals surface area contributed by atoms with Crippen LogP contribution in [0.25, 0.3) is 0 Å². The first-order valence-electron chi connectivity index (χ1n) is 5.66. The van der Waals surface area contributed by atoms with Crippen molar-refractivity contribution in [1.82, 2.24) is 0 Å². The molecule has 0 heterocycles. The molecular formula is C14H17FO. The molecule has 1 unspecified atom stereocenters. The van der Waals surface area contributed by atoms with Crippen LogP contribution in [0.1, 0.15) is 30.9 Å². The van der Waals surface area contributed by atoms with Gasteiger partial charge in [0.05, 0.1) is 12.9 Å². The number of hydrogen-bond acceptors (Lipinski definition) is 1. The number of hydrogen-bond donors (Lipinski definition) is 0. The molecule has 0 N–H and O–H groups in total. The zero-order valence-electron chi connectivity index (χ0n) is 9.96. The molecule has 0 aromatic heterocycles. The summed E-state index contributed by atoms with van der Waals surface area (Å²) in [6.07, 6.45) is 2.83. The van der Waals surface area contributed by atoms with Crippen LogP contribution >= 0.6 is 0 Å². The van der Waals surface area contributed by atoms with Gasteiger partial charge in [-0.3, -0.25) is 0 Å². The third-order valence-corrected chi connectivity index (χ3v) is 3.17. The molecule has 0 aliphatic heterocycles. The molecule has 0 saturated carbocycles. The SMILES string of the molecule is COC1=CCc2cc(F)ccc2C1C(C)C. The number of halogens is 1. The molecule has 0 spiro atoms. The molecule has 16 heavy (non-hydrogen) atoms. The van der Waals surface area contributed by atoms with Gasteiger partial charge in [-0.1, -0.05) is 19.9 Å². The molecule has 2 rings (SSSR count). The predicted molar refractivity (Wildman–Crippen MR) is 62.8 cm³/mol. The molecule has 1 aromatic carbocycles. The average molecular weight is 220 g/mol. The molecule has 1 aliphatic rings. The van der Waals surface area contributed by atoms with E-state index in [0.29, 0.717) is 5.92 Å². The number of allylic oxidation sites excluding steroid dienone is 2. The molecule has 1 aliphatic carbocycles. The molecule has 0 bridgehead atoms. The van der Waals surface area contributed by atoms with Crippen LogP contribution in [0.2, 0.25) is 0 Å². The summed E-state index contributed by atoms with van der Waals surface area (Å²) in [5.41, 5.74) is 2.29. The molecule has 0 radical (unpaired) electrons. The number of rotatable bonds is 2. The number of fused-ring (bicyclic) bond motifs is 1. The van der Waals surface area contributed by atoms with Gasteiger partial charge in [-0.15, -0.1) is 0 Å². The Kier molecular flexibility index (Phi) is 2.99. The minimum atomic E-state index is -0.157. The lowest BCUT2D eigenvalue weighted by Crippen LogP contribution is -2.17. The predicted octanol–water partition coefficient (Wildman–Crippen LogP) is 3.65. The van der Waals surface area contributed by atoms with E-state index in [1.165, 1.54) is 11.6 Å². The summed E-state index contributed by atoms with van der Waals surface area (Å²) in [5, 5.41) is 0. The van der Waals surface area contributed by atoms with E-state index in [1.54, 1.807) is 13.2 Å². The third kappa shape index (κ3) is 1.84. The summed E-state index contributed by atoms with van der Waals surface area (Å²) in [5.74, 6) is 1.56. The normalized spacial score (nSPS) is 19.3. The minimum Gasteiger partial charge on any atom is -0.501 e. The van der Waals surface area contributed by atoms with Crippen molar-refractivity contribution in [3.8, 4) is 0 Å². The molecule has 0 fully saturated rings. The smallest absolute Gasteiger partial charge is 0.123 e. The Morgan fingerprint density at radius 2 is 2.12 bits per heavy atom. The fourth-order valence-electron chi connectivity index (χ4n) is 2.44. The Morgan fingerprint density at radius 1 is 1.38 bits per heavy atom. The van der Waals surface area contributed by atoms with E-state index in [2.05, 4.69) is 19.9 Å². The van der Waals surface area contributed by atoms with Crippen LogP contribution in [0.15, 0.2) is 30.0 Å². The molecular weight excluding hydrogens is 203 g/mol. The van der Waals surface area contributed by atoms with Gasteiger partial charge in [-0.2, -0.15) is 0 Å². The maximum absolute atomic E-state index is 13.1. The van der Waals surface area contributed by atoms with Gasteiger partial charge < -0.3 is 4.74 Å². The number of benzene rings is 1. The lowest BCUT2D eigenvalue weighted by Gasteiger charge is -2.29. The molecule has 2 heteroatoms. The van der Waals surface area contributed by atoms with Crippen molar-refractivity contribution < 1.29 is 9.13 Å². The van der Waals surface area contributed by atoms with Crippen LogP contribution in [-0.2, 0) is 11.2 Å². The third-order valence-electron chi connectivity index (χ3n) is 3.17. The first-order chi connectivity index (χ1) is 7.63. The van der Waals surface area contributed by atoms with Crippen LogP contribution in [-0.4, -0.2) is 7.11 Å². The van der Waals surface area contributed by atoms with Crippen molar-refractivity contribution in [2.24, 2.45) is 5.92 Å². The molecule has 1 atom stereocenters. The molecule has 0 saturated heterocycles. The van der Waals surface area contributed by atoms with E-state index in [1.807, 2.05) is 6.07 Å². The zero-order valence-corrected chi connectivity index (χ0v) is 9.96. The zero-order chi connectivity index (χ0) is 11.7. The lowest BCUT2D eigenvalue weighted by molar-refractivity contribution is 0.242. The maximum atomic E-state index is 13.1. The summed E-state index contributed by atoms with van der Waals surface area (Å²) in [7, 11) is 1.70. The van der Waals surface area contributed by atoms with Crippen LogP contribution in [0.4, 0.5) is 4.39 Å². The van der Waals surface area contributed by atoms with E-state index < -0.39 is 0 Å². The fraction of sp³-hybridized carbons (Fsp3) is 0.429. The van der Waals surface area contributed by atoms with Crippen LogP contribution < -0.4 is 0 Å². The Hall–Kier alpha value is -1.31. The fourth-order valence-corrected chi connectivity index (χ4v) is 2.44. The van der Waals surface area contributed by atoms with Crippen molar-refractivity contribution in [2.75, 3.05) is 7.11 Å². The quantitative estimate of drug-likeness (QED) is 0.739. The largest absolute Gasteiger partial charge is 0.501 e. The monoisotopic (exact) mass is 220 g/mol. The summed E-state index contributed by atoms with van der Waals surface area (Å²) < 4.78 is 18.6. The van der Waals surface area contributed by atoms with E-state index in [-0.39, 0.29) is 11.7 Å². The summed E-state index contributed by atoms with van der Waals surface area (Å²) >= 11 is 0. The molecule has 0 amide bonds. The first kappa shape index (κ1) is 11.2. The standard InChI is InChI=1S/C14H17FO/c1-9(2)14-12-6-5-11(15)8-10(12)4-7-13(14)16-3/h5-9,14H,4H2,1-3H3. The van der Waals surface area contributed by atoms with Gasteiger partial charge in [0, 0.05) is 5.92 Å². The highest BCUT2D eigenvalue weighted by Crippen LogP contribution is 2.38. The van der Waals surface area contributed by atoms with Crippen molar-refractivity contribution in [2.45, 2.75) is 26.2 Å². The van der Waals surface area contributed by atoms with E-state index in [4.69, 9.17) is 4.74 Å². The first-order valence-corrected chi connectivity index (χ1v) is 5.66. The van der Waals surface area contributed by atoms with E-state index in [0.717, 1.165) is 17.7 Å². The van der Waals surface area contributed by atoms with E-state index >= 15 is 0 Å². The van der Waals surface area contributed by atoms with Crippen LogP contribution in [0.3, 0.4) is 0 Å².